The van der Waals surface area contributed by atoms with Crippen molar-refractivity contribution in [2.45, 2.75) is 52.4 Å². The zero-order valence-electron chi connectivity index (χ0n) is 21.8. The largest absolute Gasteiger partial charge is 0.456 e. The zero-order valence-corrected chi connectivity index (χ0v) is 16.8. The van der Waals surface area contributed by atoms with Gasteiger partial charge in [0.1, 0.15) is 11.2 Å². The quantitative estimate of drug-likeness (QED) is 0.336. The van der Waals surface area contributed by atoms with Crippen LogP contribution in [0.1, 0.15) is 59.5 Å². The number of benzene rings is 3. The minimum absolute atomic E-state index is 0.105. The maximum Gasteiger partial charge on any atom is 0.136 e. The summed E-state index contributed by atoms with van der Waals surface area (Å²) in [4.78, 5) is 0. The fraction of sp³-hybridized carbons (Fsp3) is 0.308. The predicted molar refractivity (Wildman–Crippen MR) is 117 cm³/mol. The maximum atomic E-state index is 8.52. The Morgan fingerprint density at radius 1 is 0.741 bits per heavy atom. The van der Waals surface area contributed by atoms with Crippen LogP contribution in [0.2, 0.25) is 0 Å². The summed E-state index contributed by atoms with van der Waals surface area (Å²) in [5, 5.41) is 1.74. The van der Waals surface area contributed by atoms with Crippen molar-refractivity contribution in [3.63, 3.8) is 0 Å². The molecule has 1 aromatic heterocycles. The molecule has 0 amide bonds. The third-order valence-electron chi connectivity index (χ3n) is 4.99. The number of fused-ring (bicyclic) bond motifs is 3. The Bertz CT molecular complexity index is 1360. The molecule has 0 fully saturated rings. The molecule has 4 rings (SSSR count). The topological polar surface area (TPSA) is 13.1 Å². The maximum absolute atomic E-state index is 8.52. The lowest BCUT2D eigenvalue weighted by Crippen LogP contribution is -2.22. The van der Waals surface area contributed by atoms with Crippen LogP contribution in [-0.2, 0) is 10.8 Å². The first-order valence-corrected chi connectivity index (χ1v) is 9.31. The normalized spacial score (nSPS) is 15.4. The van der Waals surface area contributed by atoms with Crippen molar-refractivity contribution in [1.29, 1.82) is 0 Å². The van der Waals surface area contributed by atoms with E-state index in [0.717, 1.165) is 21.9 Å². The zero-order chi connectivity index (χ0) is 23.7. The minimum Gasteiger partial charge on any atom is -0.456 e. The van der Waals surface area contributed by atoms with E-state index < -0.39 is 6.04 Å². The summed E-state index contributed by atoms with van der Waals surface area (Å²) in [6.45, 7) is 13.1. The van der Waals surface area contributed by atoms with E-state index in [4.69, 9.17) is 11.3 Å². The summed E-state index contributed by atoms with van der Waals surface area (Å²) in [7, 11) is 0. The van der Waals surface area contributed by atoms with E-state index in [1.165, 1.54) is 5.56 Å². The van der Waals surface area contributed by atoms with Gasteiger partial charge in [-0.1, -0.05) is 90.0 Å². The summed E-state index contributed by atoms with van der Waals surface area (Å²) in [5.74, 6) is 0. The lowest BCUT2D eigenvalue weighted by Gasteiger charge is -2.31. The van der Waals surface area contributed by atoms with Crippen LogP contribution in [0.3, 0.4) is 0 Å². The molecule has 3 aromatic carbocycles. The Balaban J connectivity index is 2.28. The standard InChI is InChI=1S/C26H28O/c1-25(2,3)19-15-16-21-23(24(19)26(4,5)6)22-18(13-10-14-20(22)27-21)17-11-8-7-9-12-17/h7-16H,1-6H3/i7D,8D,9D,11D,12D. The highest BCUT2D eigenvalue weighted by molar-refractivity contribution is 6.14. The molecule has 0 bridgehead atoms. The van der Waals surface area contributed by atoms with Gasteiger partial charge in [-0.25, -0.2) is 0 Å². The van der Waals surface area contributed by atoms with Gasteiger partial charge in [0.2, 0.25) is 0 Å². The van der Waals surface area contributed by atoms with Gasteiger partial charge in [-0.05, 0) is 45.2 Å². The van der Waals surface area contributed by atoms with E-state index in [-0.39, 0.29) is 40.6 Å². The third kappa shape index (κ3) is 2.96. The van der Waals surface area contributed by atoms with E-state index >= 15 is 0 Å². The van der Waals surface area contributed by atoms with Crippen LogP contribution in [0.25, 0.3) is 33.1 Å². The van der Waals surface area contributed by atoms with Crippen molar-refractivity contribution in [2.24, 2.45) is 0 Å². The molecule has 138 valence electrons. The molecule has 0 N–H and O–H groups in total. The van der Waals surface area contributed by atoms with Gasteiger partial charge in [0.15, 0.2) is 0 Å². The van der Waals surface area contributed by atoms with Crippen molar-refractivity contribution in [3.8, 4) is 11.1 Å². The van der Waals surface area contributed by atoms with Gasteiger partial charge in [-0.3, -0.25) is 0 Å². The lowest BCUT2D eigenvalue weighted by atomic mass is 9.73. The lowest BCUT2D eigenvalue weighted by molar-refractivity contribution is 0.534. The summed E-state index contributed by atoms with van der Waals surface area (Å²) in [5.41, 5.74) is 4.22. The molecule has 27 heavy (non-hydrogen) atoms. The second-order valence-electron chi connectivity index (χ2n) is 9.14. The molecule has 0 radical (unpaired) electrons. The van der Waals surface area contributed by atoms with Crippen LogP contribution in [0, 0.1) is 0 Å². The minimum atomic E-state index is -0.390. The fourth-order valence-electron chi connectivity index (χ4n) is 3.91. The molecular weight excluding hydrogens is 328 g/mol. The average Bonchev–Trinajstić information content (AvgIpc) is 3.08. The van der Waals surface area contributed by atoms with E-state index in [1.54, 1.807) is 0 Å². The van der Waals surface area contributed by atoms with Crippen LogP contribution in [0.4, 0.5) is 0 Å². The van der Waals surface area contributed by atoms with Gasteiger partial charge >= 0.3 is 0 Å². The van der Waals surface area contributed by atoms with Crippen LogP contribution in [-0.4, -0.2) is 0 Å². The summed E-state index contributed by atoms with van der Waals surface area (Å²) < 4.78 is 47.5. The molecule has 1 heteroatoms. The van der Waals surface area contributed by atoms with Crippen molar-refractivity contribution in [1.82, 2.24) is 0 Å². The first-order valence-electron chi connectivity index (χ1n) is 11.8. The van der Waals surface area contributed by atoms with E-state index in [1.807, 2.05) is 24.3 Å². The number of rotatable bonds is 1. The molecule has 4 aromatic rings. The Kier molecular flexibility index (Phi) is 2.83. The molecule has 0 aliphatic carbocycles. The highest BCUT2D eigenvalue weighted by Gasteiger charge is 2.29. The highest BCUT2D eigenvalue weighted by atomic mass is 16.3. The Morgan fingerprint density at radius 2 is 1.41 bits per heavy atom. The molecule has 1 nitrogen and oxygen atoms in total. The van der Waals surface area contributed by atoms with Crippen molar-refractivity contribution < 1.29 is 11.3 Å². The average molecular weight is 362 g/mol. The van der Waals surface area contributed by atoms with E-state index in [2.05, 4.69) is 47.6 Å². The van der Waals surface area contributed by atoms with Crippen molar-refractivity contribution in [2.75, 3.05) is 0 Å². The Labute approximate surface area is 169 Å². The van der Waals surface area contributed by atoms with Gasteiger partial charge in [0, 0.05) is 10.8 Å². The van der Waals surface area contributed by atoms with Crippen LogP contribution < -0.4 is 0 Å². The summed E-state index contributed by atoms with van der Waals surface area (Å²) in [6.07, 6.45) is 0. The smallest absolute Gasteiger partial charge is 0.136 e. The van der Waals surface area contributed by atoms with Gasteiger partial charge < -0.3 is 4.42 Å². The summed E-state index contributed by atoms with van der Waals surface area (Å²) >= 11 is 0. The van der Waals surface area contributed by atoms with Gasteiger partial charge in [-0.15, -0.1) is 0 Å². The van der Waals surface area contributed by atoms with Crippen LogP contribution in [0.5, 0.6) is 0 Å². The van der Waals surface area contributed by atoms with E-state index in [9.17, 15) is 0 Å². The van der Waals surface area contributed by atoms with Gasteiger partial charge in [-0.2, -0.15) is 0 Å². The molecule has 0 saturated heterocycles. The summed E-state index contributed by atoms with van der Waals surface area (Å²) in [6, 6.07) is 8.13. The van der Waals surface area contributed by atoms with E-state index in [0.29, 0.717) is 11.1 Å². The number of hydrogen-bond donors (Lipinski definition) is 0. The van der Waals surface area contributed by atoms with Crippen molar-refractivity contribution >= 4 is 21.9 Å². The molecule has 0 aliphatic rings. The third-order valence-corrected chi connectivity index (χ3v) is 4.99. The Hall–Kier alpha value is -2.54. The highest BCUT2D eigenvalue weighted by Crippen LogP contribution is 2.45. The molecule has 0 atom stereocenters. The molecule has 0 spiro atoms. The first-order chi connectivity index (χ1) is 14.7. The Morgan fingerprint density at radius 3 is 2.04 bits per heavy atom. The second-order valence-corrected chi connectivity index (χ2v) is 9.14. The monoisotopic (exact) mass is 361 g/mol. The molecule has 0 unspecified atom stereocenters. The first kappa shape index (κ1) is 12.8. The number of furan rings is 1. The second kappa shape index (κ2) is 5.99. The van der Waals surface area contributed by atoms with Gasteiger partial charge in [0.05, 0.1) is 6.85 Å². The molecule has 1 heterocycles. The SMILES string of the molecule is [2H]c1c([2H])c([2H])c(-c2cccc3oc4ccc(C(C)(C)C)c(C(C)(C)C)c4c23)c([2H])c1[2H]. The molecule has 0 saturated carbocycles. The van der Waals surface area contributed by atoms with Crippen LogP contribution in [0.15, 0.2) is 65.0 Å². The van der Waals surface area contributed by atoms with Crippen molar-refractivity contribution in [3.05, 3.63) is 71.7 Å². The van der Waals surface area contributed by atoms with Crippen LogP contribution >= 0.6 is 0 Å². The predicted octanol–water partition coefficient (Wildman–Crippen LogP) is 7.85. The van der Waals surface area contributed by atoms with Gasteiger partial charge in [0.25, 0.3) is 0 Å². The fourth-order valence-corrected chi connectivity index (χ4v) is 3.91. The molecule has 0 aliphatic heterocycles. The molecular formula is C26H28O. The number of hydrogen-bond acceptors (Lipinski definition) is 1.